The van der Waals surface area contributed by atoms with Gasteiger partial charge in [0, 0.05) is 85.9 Å². The Kier molecular flexibility index (Phi) is 36.8. The lowest BCUT2D eigenvalue weighted by molar-refractivity contribution is -0.143. The normalized spacial score (nSPS) is 13.5. The van der Waals surface area contributed by atoms with Gasteiger partial charge >= 0.3 is 17.9 Å². The first kappa shape index (κ1) is 96.9. The number of carbonyl (C=O) groups is 14. The highest BCUT2D eigenvalue weighted by Crippen LogP contribution is 2.42. The molecule has 1 aliphatic heterocycles. The smallest absolute Gasteiger partial charge is 0.336 e. The molecule has 5 aromatic carbocycles. The number of hydrogen-bond donors (Lipinski definition) is 22. The van der Waals surface area contributed by atoms with E-state index in [1.165, 1.54) is 105 Å². The summed E-state index contributed by atoms with van der Waals surface area (Å²) >= 11 is 5.52. The molecule has 39 heteroatoms. The molecule has 0 bridgehead atoms. The Bertz CT molecular complexity index is 5050. The van der Waals surface area contributed by atoms with Crippen LogP contribution in [-0.4, -0.2) is 198 Å². The number of amides is 11. The van der Waals surface area contributed by atoms with Gasteiger partial charge in [0.2, 0.25) is 65.0 Å². The maximum atomic E-state index is 14.6. The fraction of sp³-hybridized carbons (Fsp3) is 0.376. The van der Waals surface area contributed by atoms with Crippen molar-refractivity contribution in [3.8, 4) is 39.7 Å². The van der Waals surface area contributed by atoms with E-state index in [9.17, 15) is 103 Å². The highest BCUT2D eigenvalue weighted by Gasteiger charge is 2.37. The van der Waals surface area contributed by atoms with Gasteiger partial charge in [0.25, 0.3) is 0 Å². The Hall–Kier alpha value is -14.3. The van der Waals surface area contributed by atoms with Crippen molar-refractivity contribution < 1.29 is 102 Å². The molecular formula is C85H104N16O22S. The largest absolute Gasteiger partial charge is 0.508 e. The molecule has 1 heterocycles. The van der Waals surface area contributed by atoms with Crippen molar-refractivity contribution in [1.82, 2.24) is 63.8 Å². The maximum Gasteiger partial charge on any atom is 0.336 e. The van der Waals surface area contributed by atoms with Gasteiger partial charge in [-0.3, -0.25) is 67.7 Å². The van der Waals surface area contributed by atoms with Crippen LogP contribution in [0.25, 0.3) is 33.4 Å². The van der Waals surface area contributed by atoms with Crippen LogP contribution >= 0.6 is 12.2 Å². The molecular weight excluding hydrogens is 1630 g/mol. The Morgan fingerprint density at radius 3 is 1.44 bits per heavy atom. The van der Waals surface area contributed by atoms with Crippen LogP contribution < -0.4 is 86.0 Å². The molecule has 10 atom stereocenters. The summed E-state index contributed by atoms with van der Waals surface area (Å²) in [6.45, 7) is 7.55. The topological polar surface area (TPSA) is 623 Å². The molecule has 0 spiro atoms. The van der Waals surface area contributed by atoms with Crippen molar-refractivity contribution in [2.24, 2.45) is 17.4 Å². The fourth-order valence-corrected chi connectivity index (χ4v) is 13.3. The van der Waals surface area contributed by atoms with Gasteiger partial charge < -0.3 is 116 Å². The standard InChI is InChI=1S/C85H104N16O22S/c1-6-7-14-59(96-79(116)63(39-48-16-21-51(102)22-17-48)94-70(107)34-36-90-85(124)93-50-20-27-55(58(41-50)82(119)120)72-56-28-25-53(104)42-67(56)123-68-43-54(105)26-29-57(68)72)76(113)97-62(31-33-71(108)109)75(112)92-45(4)73(110)91-46(5)74(111)99-64(40-49-18-23-52(103)24-19-49)80(117)98-61(30-32-69(86)106)78(115)95-60(15-11-35-89-84(87)88)77(114)100-65(38-47-12-9-8-10-13-47)81(118)101-66(83(121)122)37-44(2)3/h8-10,12-13,16-29,41-46,59-66,102-104H,6-7,11,14-15,30-40H2,1-5H3,(H2,86,106)(H,91,110)(H,92,112)(H,94,107)(H,95,115)(H,96,116)(H,97,113)(H,98,117)(H,99,111)(H,100,114)(H,101,118)(H,108,109)(H,119,120)(H,121,122)(H4,87,88,89)(H2,90,93,124)/t45-,46-,59-,60-,61-,62-,63-,64-,65-,66-/m0/s1. The number of carboxylic acid groups (broad SMARTS) is 3. The number of guanidine groups is 1. The highest BCUT2D eigenvalue weighted by atomic mass is 32.1. The third-order valence-corrected chi connectivity index (χ3v) is 19.8. The van der Waals surface area contributed by atoms with Gasteiger partial charge in [0.15, 0.2) is 16.5 Å². The number of rotatable bonds is 47. The van der Waals surface area contributed by atoms with E-state index in [1.807, 2.05) is 0 Å². The number of benzene rings is 6. The van der Waals surface area contributed by atoms with Crippen LogP contribution in [-0.2, 0) is 81.6 Å². The van der Waals surface area contributed by atoms with Crippen LogP contribution in [0.4, 0.5) is 5.69 Å². The van der Waals surface area contributed by atoms with Crippen molar-refractivity contribution in [1.29, 1.82) is 5.41 Å². The number of hydrogen-bond acceptors (Lipinski definition) is 21. The summed E-state index contributed by atoms with van der Waals surface area (Å²) in [6.07, 6.45) is -2.69. The summed E-state index contributed by atoms with van der Waals surface area (Å²) in [6, 6.07) is 16.9. The van der Waals surface area contributed by atoms with Gasteiger partial charge in [-0.15, -0.1) is 0 Å². The number of carbonyl (C=O) groups excluding carboxylic acids is 11. The molecule has 0 unspecified atom stereocenters. The number of phenols is 3. The zero-order valence-electron chi connectivity index (χ0n) is 68.6. The lowest BCUT2D eigenvalue weighted by Crippen LogP contribution is -2.60. The van der Waals surface area contributed by atoms with Crippen molar-refractivity contribution >= 4 is 123 Å². The second kappa shape index (κ2) is 47.1. The number of phenolic OH excluding ortho intramolecular Hbond substituents is 3. The first-order valence-electron chi connectivity index (χ1n) is 39.9. The number of fused-ring (bicyclic) bond motifs is 2. The number of aromatic hydroxyl groups is 3. The van der Waals surface area contributed by atoms with E-state index in [1.54, 1.807) is 63.2 Å². The summed E-state index contributed by atoms with van der Waals surface area (Å²) in [5.41, 5.74) is 13.3. The number of unbranched alkanes of at least 4 members (excludes halogenated alkanes) is 1. The average molecular weight is 1730 g/mol. The van der Waals surface area contributed by atoms with Gasteiger partial charge in [-0.25, -0.2) is 9.59 Å². The van der Waals surface area contributed by atoms with Gasteiger partial charge in [-0.1, -0.05) is 94.3 Å². The number of nitrogens with one attached hydrogen (secondary N) is 14. The van der Waals surface area contributed by atoms with Crippen molar-refractivity contribution in [3.05, 3.63) is 166 Å². The van der Waals surface area contributed by atoms with Crippen LogP contribution in [0.1, 0.15) is 132 Å². The molecule has 11 amide bonds. The summed E-state index contributed by atoms with van der Waals surface area (Å²) in [4.78, 5) is 205. The quantitative estimate of drug-likeness (QED) is 0.00856. The second-order valence-corrected chi connectivity index (χ2v) is 30.4. The fourth-order valence-electron chi connectivity index (χ4n) is 13.1. The van der Waals surface area contributed by atoms with Crippen LogP contribution in [0.5, 0.6) is 17.2 Å². The van der Waals surface area contributed by atoms with E-state index in [-0.39, 0.29) is 126 Å². The van der Waals surface area contributed by atoms with Crippen molar-refractivity contribution in [3.63, 3.8) is 0 Å². The van der Waals surface area contributed by atoms with E-state index in [4.69, 9.17) is 33.5 Å². The summed E-state index contributed by atoms with van der Waals surface area (Å²) in [7, 11) is 0. The SMILES string of the molecule is CCCC[C@H](NC(=O)[C@H](Cc1ccc(O)cc1)NC(=O)CCNC(=S)Nc1ccc(-c2c3ccc(=O)cc-3oc3cc(O)ccc23)c(C(=O)O)c1)C(=O)N[C@@H](CCC(=O)O)C(=O)N[C@@H](C)C(=O)N[C@@H](C)C(=O)N[C@@H](Cc1ccc(O)cc1)C(=O)N[C@@H](CCC(N)=O)C(=O)N[C@@H](CCCNC(=N)N)C(=O)N[C@@H](Cc1ccccc1)C(=O)N[C@@H](CC(C)C)C(=O)O. The molecule has 5 aromatic rings. The number of anilines is 1. The molecule has 7 rings (SSSR count). The number of aliphatic carboxylic acids is 2. The van der Waals surface area contributed by atoms with E-state index < -0.39 is 175 Å². The summed E-state index contributed by atoms with van der Waals surface area (Å²) in [5.74, 6) is -15.5. The first-order valence-corrected chi connectivity index (χ1v) is 40.3. The Morgan fingerprint density at radius 2 is 0.919 bits per heavy atom. The molecule has 0 radical (unpaired) electrons. The molecule has 2 aliphatic rings. The predicted octanol–water partition coefficient (Wildman–Crippen LogP) is 2.39. The van der Waals surface area contributed by atoms with Crippen LogP contribution in [0.15, 0.2) is 143 Å². The lowest BCUT2D eigenvalue weighted by Gasteiger charge is -2.28. The minimum absolute atomic E-state index is 0.00508. The number of nitrogens with two attached hydrogens (primary N) is 2. The third-order valence-electron chi connectivity index (χ3n) is 19.6. The first-order chi connectivity index (χ1) is 58.8. The molecule has 0 saturated heterocycles. The van der Waals surface area contributed by atoms with Gasteiger partial charge in [0.05, 0.1) is 5.56 Å². The minimum atomic E-state index is -1.71. The lowest BCUT2D eigenvalue weighted by atomic mass is 9.90. The van der Waals surface area contributed by atoms with E-state index in [2.05, 4.69) is 69.1 Å². The van der Waals surface area contributed by atoms with E-state index >= 15 is 0 Å². The average Bonchev–Trinajstić information content (AvgIpc) is 0.746. The zero-order valence-corrected chi connectivity index (χ0v) is 69.5. The predicted molar refractivity (Wildman–Crippen MR) is 457 cm³/mol. The molecule has 0 saturated carbocycles. The molecule has 124 heavy (non-hydrogen) atoms. The minimum Gasteiger partial charge on any atom is -0.508 e. The van der Waals surface area contributed by atoms with Crippen molar-refractivity contribution in [2.75, 3.05) is 18.4 Å². The number of aromatic carboxylic acids is 1. The zero-order chi connectivity index (χ0) is 91.0. The van der Waals surface area contributed by atoms with Crippen molar-refractivity contribution in [2.45, 2.75) is 185 Å². The second-order valence-electron chi connectivity index (χ2n) is 30.0. The monoisotopic (exact) mass is 1730 g/mol. The molecule has 38 nitrogen and oxygen atoms in total. The summed E-state index contributed by atoms with van der Waals surface area (Å²) in [5, 5.41) is 102. The van der Waals surface area contributed by atoms with E-state index in [0.29, 0.717) is 46.0 Å². The van der Waals surface area contributed by atoms with Gasteiger partial charge in [0.1, 0.15) is 89.0 Å². The Labute approximate surface area is 717 Å². The third kappa shape index (κ3) is 30.8. The molecule has 24 N–H and O–H groups in total. The number of carboxylic acids is 3. The highest BCUT2D eigenvalue weighted by molar-refractivity contribution is 7.80. The molecule has 0 fully saturated rings. The Balaban J connectivity index is 1.01. The summed E-state index contributed by atoms with van der Waals surface area (Å²) < 4.78 is 5.93. The number of thiocarbonyl (C=S) groups is 1. The van der Waals surface area contributed by atoms with E-state index in [0.717, 1.165) is 0 Å². The molecule has 1 aliphatic carbocycles. The van der Waals surface area contributed by atoms with Gasteiger partial charge in [-0.05, 0) is 153 Å². The molecule has 662 valence electrons. The Morgan fingerprint density at radius 1 is 0.460 bits per heavy atom. The van der Waals surface area contributed by atoms with Crippen LogP contribution in [0.3, 0.4) is 0 Å². The maximum absolute atomic E-state index is 14.6. The van der Waals surface area contributed by atoms with Crippen LogP contribution in [0.2, 0.25) is 0 Å². The van der Waals surface area contributed by atoms with Crippen LogP contribution in [0, 0.1) is 11.3 Å². The van der Waals surface area contributed by atoms with Gasteiger partial charge in [-0.2, -0.15) is 0 Å². The molecule has 0 aromatic heterocycles. The number of primary amides is 1.